The Morgan fingerprint density at radius 1 is 1.14 bits per heavy atom. The van der Waals surface area contributed by atoms with Crippen LogP contribution in [0.25, 0.3) is 0 Å². The maximum Gasteiger partial charge on any atom is 0.312 e. The summed E-state index contributed by atoms with van der Waals surface area (Å²) in [5.41, 5.74) is -0.435. The predicted octanol–water partition coefficient (Wildman–Crippen LogP) is 5.50. The normalized spacial score (nSPS) is 35.8. The third kappa shape index (κ3) is 3.08. The van der Waals surface area contributed by atoms with Gasteiger partial charge in [0, 0.05) is 0 Å². The van der Waals surface area contributed by atoms with E-state index in [2.05, 4.69) is 6.92 Å². The van der Waals surface area contributed by atoms with Crippen LogP contribution in [0.1, 0.15) is 91.4 Å². The van der Waals surface area contributed by atoms with Gasteiger partial charge in [0.1, 0.15) is 5.60 Å². The average Bonchev–Trinajstić information content (AvgIpc) is 3.09. The van der Waals surface area contributed by atoms with Crippen molar-refractivity contribution >= 4 is 5.97 Å². The zero-order valence-corrected chi connectivity index (χ0v) is 14.8. The lowest BCUT2D eigenvalue weighted by molar-refractivity contribution is -0.180. The van der Waals surface area contributed by atoms with Crippen molar-refractivity contribution in [2.45, 2.75) is 97.0 Å². The molecule has 0 aromatic heterocycles. The molecule has 2 bridgehead atoms. The second kappa shape index (κ2) is 6.17. The number of carbonyl (C=O) groups is 1. The van der Waals surface area contributed by atoms with Crippen molar-refractivity contribution in [1.29, 1.82) is 0 Å². The van der Waals surface area contributed by atoms with E-state index < -0.39 is 0 Å². The minimum Gasteiger partial charge on any atom is -0.458 e. The Bertz CT molecular complexity index is 408. The van der Waals surface area contributed by atoms with Gasteiger partial charge in [0.05, 0.1) is 5.41 Å². The van der Waals surface area contributed by atoms with Gasteiger partial charge in [-0.25, -0.2) is 0 Å². The van der Waals surface area contributed by atoms with Crippen molar-refractivity contribution in [2.24, 2.45) is 23.2 Å². The molecule has 2 heteroatoms. The first-order valence-corrected chi connectivity index (χ1v) is 9.68. The zero-order valence-electron chi connectivity index (χ0n) is 14.8. The van der Waals surface area contributed by atoms with Crippen LogP contribution < -0.4 is 0 Å². The van der Waals surface area contributed by atoms with Gasteiger partial charge in [-0.1, -0.05) is 39.0 Å². The van der Waals surface area contributed by atoms with Crippen molar-refractivity contribution in [2.75, 3.05) is 0 Å². The number of esters is 1. The van der Waals surface area contributed by atoms with E-state index in [1.165, 1.54) is 51.4 Å². The van der Waals surface area contributed by atoms with Crippen LogP contribution in [0.2, 0.25) is 0 Å². The van der Waals surface area contributed by atoms with Crippen LogP contribution in [0, 0.1) is 23.2 Å². The van der Waals surface area contributed by atoms with E-state index >= 15 is 0 Å². The Labute approximate surface area is 136 Å². The molecule has 0 spiro atoms. The second-order valence-electron chi connectivity index (χ2n) is 8.98. The molecule has 0 aliphatic heterocycles. The monoisotopic (exact) mass is 306 g/mol. The number of fused-ring (bicyclic) bond motifs is 2. The van der Waals surface area contributed by atoms with E-state index in [1.807, 2.05) is 13.8 Å². The van der Waals surface area contributed by atoms with Crippen molar-refractivity contribution in [1.82, 2.24) is 0 Å². The van der Waals surface area contributed by atoms with Crippen molar-refractivity contribution in [3.05, 3.63) is 0 Å². The minimum atomic E-state index is -0.332. The van der Waals surface area contributed by atoms with Crippen LogP contribution in [0.4, 0.5) is 0 Å². The summed E-state index contributed by atoms with van der Waals surface area (Å²) in [7, 11) is 0. The fraction of sp³-hybridized carbons (Fsp3) is 0.950. The van der Waals surface area contributed by atoms with Gasteiger partial charge in [-0.15, -0.1) is 0 Å². The molecule has 0 aromatic carbocycles. The third-order valence-electron chi connectivity index (χ3n) is 7.01. The lowest BCUT2D eigenvalue weighted by atomic mass is 9.73. The molecule has 3 saturated carbocycles. The number of hydrogen-bond acceptors (Lipinski definition) is 2. The Hall–Kier alpha value is -0.530. The van der Waals surface area contributed by atoms with E-state index in [9.17, 15) is 4.79 Å². The minimum absolute atomic E-state index is 0.0540. The highest BCUT2D eigenvalue weighted by molar-refractivity contribution is 5.76. The van der Waals surface area contributed by atoms with Gasteiger partial charge in [0.25, 0.3) is 0 Å². The first kappa shape index (κ1) is 16.3. The largest absolute Gasteiger partial charge is 0.458 e. The predicted molar refractivity (Wildman–Crippen MR) is 89.5 cm³/mol. The molecule has 3 aliphatic rings. The van der Waals surface area contributed by atoms with E-state index in [1.54, 1.807) is 0 Å². The maximum absolute atomic E-state index is 12.8. The van der Waals surface area contributed by atoms with Crippen LogP contribution in [0.5, 0.6) is 0 Å². The van der Waals surface area contributed by atoms with Gasteiger partial charge in [0.15, 0.2) is 0 Å². The lowest BCUT2D eigenvalue weighted by Crippen LogP contribution is -2.45. The van der Waals surface area contributed by atoms with E-state index in [-0.39, 0.29) is 17.0 Å². The molecular formula is C20H34O2. The first-order valence-electron chi connectivity index (χ1n) is 9.68. The summed E-state index contributed by atoms with van der Waals surface area (Å²) in [5.74, 6) is 2.33. The molecule has 3 aliphatic carbocycles. The standard InChI is InChI=1S/C20H34O2/c1-4-19(2,3)18(21)22-20(13-15-8-6-5-7-9-15)14-16-10-11-17(20)12-16/h15-17H,4-14H2,1-3H3. The molecule has 0 aromatic rings. The summed E-state index contributed by atoms with van der Waals surface area (Å²) < 4.78 is 6.35. The smallest absolute Gasteiger partial charge is 0.312 e. The molecule has 3 fully saturated rings. The summed E-state index contributed by atoms with van der Waals surface area (Å²) >= 11 is 0. The SMILES string of the molecule is CCC(C)(C)C(=O)OC1(CC2CCCCC2)CC2CCC1C2. The summed E-state index contributed by atoms with van der Waals surface area (Å²) in [5, 5.41) is 0. The zero-order chi connectivity index (χ0) is 15.8. The number of carbonyl (C=O) groups excluding carboxylic acids is 1. The van der Waals surface area contributed by atoms with E-state index in [0.717, 1.165) is 31.1 Å². The average molecular weight is 306 g/mol. The van der Waals surface area contributed by atoms with Crippen LogP contribution in [-0.4, -0.2) is 11.6 Å². The molecule has 0 amide bonds. The molecule has 0 heterocycles. The molecule has 2 nitrogen and oxygen atoms in total. The fourth-order valence-electron chi connectivity index (χ4n) is 5.16. The second-order valence-corrected chi connectivity index (χ2v) is 8.98. The molecular weight excluding hydrogens is 272 g/mol. The highest BCUT2D eigenvalue weighted by Crippen LogP contribution is 2.56. The summed E-state index contributed by atoms with van der Waals surface area (Å²) in [6.45, 7) is 6.17. The molecule has 0 radical (unpaired) electrons. The van der Waals surface area contributed by atoms with Crippen LogP contribution in [0.3, 0.4) is 0 Å². The van der Waals surface area contributed by atoms with Gasteiger partial charge in [0.2, 0.25) is 0 Å². The topological polar surface area (TPSA) is 26.3 Å². The third-order valence-corrected chi connectivity index (χ3v) is 7.01. The molecule has 3 atom stereocenters. The Kier molecular flexibility index (Phi) is 4.58. The highest BCUT2D eigenvalue weighted by Gasteiger charge is 2.55. The van der Waals surface area contributed by atoms with E-state index in [4.69, 9.17) is 4.74 Å². The van der Waals surface area contributed by atoms with Crippen molar-refractivity contribution in [3.63, 3.8) is 0 Å². The molecule has 126 valence electrons. The van der Waals surface area contributed by atoms with Gasteiger partial charge in [-0.3, -0.25) is 4.79 Å². The van der Waals surface area contributed by atoms with Gasteiger partial charge in [-0.05, 0) is 70.1 Å². The van der Waals surface area contributed by atoms with Crippen molar-refractivity contribution < 1.29 is 9.53 Å². The quantitative estimate of drug-likeness (QED) is 0.627. The molecule has 3 unspecified atom stereocenters. The summed E-state index contributed by atoms with van der Waals surface area (Å²) in [6.07, 6.45) is 14.0. The van der Waals surface area contributed by atoms with Gasteiger partial charge < -0.3 is 4.74 Å². The first-order chi connectivity index (χ1) is 10.5. The highest BCUT2D eigenvalue weighted by atomic mass is 16.6. The molecule has 3 rings (SSSR count). The fourth-order valence-corrected chi connectivity index (χ4v) is 5.16. The number of ether oxygens (including phenoxy) is 1. The maximum atomic E-state index is 12.8. The summed E-state index contributed by atoms with van der Waals surface area (Å²) in [6, 6.07) is 0. The van der Waals surface area contributed by atoms with Crippen LogP contribution in [0.15, 0.2) is 0 Å². The van der Waals surface area contributed by atoms with Crippen molar-refractivity contribution in [3.8, 4) is 0 Å². The van der Waals surface area contributed by atoms with Gasteiger partial charge in [-0.2, -0.15) is 0 Å². The van der Waals surface area contributed by atoms with Crippen LogP contribution in [-0.2, 0) is 9.53 Å². The Morgan fingerprint density at radius 3 is 2.41 bits per heavy atom. The van der Waals surface area contributed by atoms with Crippen LogP contribution >= 0.6 is 0 Å². The van der Waals surface area contributed by atoms with E-state index in [0.29, 0.717) is 5.92 Å². The summed E-state index contributed by atoms with van der Waals surface area (Å²) in [4.78, 5) is 12.8. The molecule has 22 heavy (non-hydrogen) atoms. The van der Waals surface area contributed by atoms with Gasteiger partial charge >= 0.3 is 5.97 Å². The lowest BCUT2D eigenvalue weighted by Gasteiger charge is -2.42. The molecule has 0 saturated heterocycles. The number of rotatable bonds is 5. The molecule has 0 N–H and O–H groups in total. The number of hydrogen-bond donors (Lipinski definition) is 0. The Balaban J connectivity index is 1.74. The Morgan fingerprint density at radius 2 is 1.86 bits per heavy atom.